The second-order valence-electron chi connectivity index (χ2n) is 7.56. The van der Waals surface area contributed by atoms with Crippen LogP contribution in [0.4, 0.5) is 9.18 Å². The molecule has 0 fully saturated rings. The van der Waals surface area contributed by atoms with E-state index in [1.54, 1.807) is 52.1 Å². The Morgan fingerprint density at radius 3 is 2.50 bits per heavy atom. The number of amides is 1. The van der Waals surface area contributed by atoms with E-state index in [1.807, 2.05) is 6.92 Å². The van der Waals surface area contributed by atoms with Gasteiger partial charge in [0.2, 0.25) is 0 Å². The quantitative estimate of drug-likeness (QED) is 0.714. The van der Waals surface area contributed by atoms with Crippen LogP contribution >= 0.6 is 0 Å². The van der Waals surface area contributed by atoms with Crippen molar-refractivity contribution >= 4 is 6.09 Å². The summed E-state index contributed by atoms with van der Waals surface area (Å²) >= 11 is 0. The summed E-state index contributed by atoms with van der Waals surface area (Å²) in [4.78, 5) is 15.9. The van der Waals surface area contributed by atoms with E-state index in [1.165, 1.54) is 12.1 Å². The van der Waals surface area contributed by atoms with Gasteiger partial charge in [-0.2, -0.15) is 0 Å². The largest absolute Gasteiger partial charge is 0.492 e. The molecule has 1 amide bonds. The molecular weight excluding hydrogens is 387 g/mol. The lowest BCUT2D eigenvalue weighted by molar-refractivity contribution is 0.0494. The second kappa shape index (κ2) is 10.5. The van der Waals surface area contributed by atoms with E-state index in [2.05, 4.69) is 22.1 Å². The zero-order chi connectivity index (χ0) is 22.1. The first-order valence-electron chi connectivity index (χ1n) is 9.69. The van der Waals surface area contributed by atoms with Gasteiger partial charge in [-0.1, -0.05) is 5.92 Å². The number of nitrogens with zero attached hydrogens (tertiary/aromatic N) is 1. The predicted molar refractivity (Wildman–Crippen MR) is 112 cm³/mol. The summed E-state index contributed by atoms with van der Waals surface area (Å²) in [6.45, 7) is 9.74. The van der Waals surface area contributed by atoms with Crippen LogP contribution in [0.15, 0.2) is 36.5 Å². The van der Waals surface area contributed by atoms with E-state index >= 15 is 0 Å². The number of rotatable bonds is 6. The van der Waals surface area contributed by atoms with Crippen molar-refractivity contribution in [1.82, 2.24) is 10.3 Å². The molecular formula is C23H27FN2O4. The summed E-state index contributed by atoms with van der Waals surface area (Å²) < 4.78 is 30.4. The Morgan fingerprint density at radius 2 is 1.90 bits per heavy atom. The minimum Gasteiger partial charge on any atom is -0.492 e. The lowest BCUT2D eigenvalue weighted by Gasteiger charge is -2.22. The molecule has 0 aliphatic carbocycles. The predicted octanol–water partition coefficient (Wildman–Crippen LogP) is 4.31. The van der Waals surface area contributed by atoms with Gasteiger partial charge in [0.25, 0.3) is 0 Å². The van der Waals surface area contributed by atoms with Crippen LogP contribution in [-0.2, 0) is 4.74 Å². The van der Waals surface area contributed by atoms with Crippen molar-refractivity contribution in [3.05, 3.63) is 53.6 Å². The number of alkyl carbamates (subject to hydrolysis) is 1. The van der Waals surface area contributed by atoms with Gasteiger partial charge in [-0.15, -0.1) is 0 Å². The molecule has 6 nitrogen and oxygen atoms in total. The van der Waals surface area contributed by atoms with Gasteiger partial charge in [0.1, 0.15) is 35.2 Å². The first-order valence-corrected chi connectivity index (χ1v) is 9.69. The van der Waals surface area contributed by atoms with Gasteiger partial charge < -0.3 is 19.5 Å². The van der Waals surface area contributed by atoms with Gasteiger partial charge in [-0.25, -0.2) is 14.2 Å². The van der Waals surface area contributed by atoms with Crippen LogP contribution in [0.3, 0.4) is 0 Å². The number of aromatic nitrogens is 1. The third-order valence-corrected chi connectivity index (χ3v) is 3.58. The number of hydrogen-bond acceptors (Lipinski definition) is 5. The molecule has 0 unspecified atom stereocenters. The maximum absolute atomic E-state index is 14.3. The number of benzene rings is 1. The Hall–Kier alpha value is -3.27. The summed E-state index contributed by atoms with van der Waals surface area (Å²) in [5.41, 5.74) is 0.170. The topological polar surface area (TPSA) is 69.7 Å². The number of halogens is 1. The fourth-order valence-corrected chi connectivity index (χ4v) is 2.30. The first kappa shape index (κ1) is 23.0. The van der Waals surface area contributed by atoms with E-state index < -0.39 is 17.5 Å². The number of nitrogens with one attached hydrogen (secondary N) is 1. The molecule has 1 aromatic carbocycles. The monoisotopic (exact) mass is 414 g/mol. The van der Waals surface area contributed by atoms with E-state index in [0.717, 1.165) is 0 Å². The molecule has 0 aliphatic heterocycles. The zero-order valence-corrected chi connectivity index (χ0v) is 17.9. The fraction of sp³-hybridized carbons (Fsp3) is 0.391. The Bertz CT molecular complexity index is 912. The maximum Gasteiger partial charge on any atom is 0.407 e. The number of carbonyl (C=O) groups is 1. The molecule has 0 bridgehead atoms. The van der Waals surface area contributed by atoms with Crippen molar-refractivity contribution in [2.75, 3.05) is 13.2 Å². The average molecular weight is 414 g/mol. The molecule has 2 aromatic rings. The molecule has 0 saturated heterocycles. The lowest BCUT2D eigenvalue weighted by atomic mass is 10.2. The van der Waals surface area contributed by atoms with Gasteiger partial charge in [-0.3, -0.25) is 0 Å². The average Bonchev–Trinajstić information content (AvgIpc) is 2.65. The van der Waals surface area contributed by atoms with Crippen LogP contribution in [0.25, 0.3) is 0 Å². The highest BCUT2D eigenvalue weighted by atomic mass is 19.1. The normalized spacial score (nSPS) is 11.7. The highest BCUT2D eigenvalue weighted by molar-refractivity contribution is 5.68. The van der Waals surface area contributed by atoms with E-state index in [0.29, 0.717) is 23.8 Å². The molecule has 0 radical (unpaired) electrons. The lowest BCUT2D eigenvalue weighted by Crippen LogP contribution is -2.40. The summed E-state index contributed by atoms with van der Waals surface area (Å²) in [7, 11) is 0. The van der Waals surface area contributed by atoms with Crippen LogP contribution in [0, 0.1) is 17.7 Å². The van der Waals surface area contributed by atoms with Crippen LogP contribution < -0.4 is 14.8 Å². The van der Waals surface area contributed by atoms with E-state index in [-0.39, 0.29) is 18.2 Å². The summed E-state index contributed by atoms with van der Waals surface area (Å²) in [5, 5.41) is 2.66. The third kappa shape index (κ3) is 8.00. The molecule has 0 spiro atoms. The van der Waals surface area contributed by atoms with Crippen molar-refractivity contribution in [3.63, 3.8) is 0 Å². The summed E-state index contributed by atoms with van der Waals surface area (Å²) in [5.74, 6) is 6.09. The Morgan fingerprint density at radius 1 is 1.17 bits per heavy atom. The van der Waals surface area contributed by atoms with Gasteiger partial charge in [0, 0.05) is 6.07 Å². The smallest absolute Gasteiger partial charge is 0.407 e. The fourth-order valence-electron chi connectivity index (χ4n) is 2.30. The number of ether oxygens (including phenoxy) is 3. The Kier molecular flexibility index (Phi) is 8.05. The summed E-state index contributed by atoms with van der Waals surface area (Å²) in [6, 6.07) is 7.59. The first-order chi connectivity index (χ1) is 14.2. The van der Waals surface area contributed by atoms with Crippen LogP contribution in [0.1, 0.15) is 45.9 Å². The molecule has 2 rings (SSSR count). The SMILES string of the molecule is CCOc1ccc(C#Cc2ccc(OC[C@H](C)NC(=O)OC(C)(C)C)cc2F)nc1. The van der Waals surface area contributed by atoms with Crippen molar-refractivity contribution in [2.24, 2.45) is 0 Å². The molecule has 1 aromatic heterocycles. The van der Waals surface area contributed by atoms with Gasteiger partial charge in [0.15, 0.2) is 0 Å². The second-order valence-corrected chi connectivity index (χ2v) is 7.56. The van der Waals surface area contributed by atoms with Gasteiger partial charge >= 0.3 is 6.09 Å². The highest BCUT2D eigenvalue weighted by Gasteiger charge is 2.18. The van der Waals surface area contributed by atoms with Gasteiger partial charge in [-0.05, 0) is 64.8 Å². The standard InChI is InChI=1S/C23H27FN2O4/c1-6-28-20-12-10-18(25-14-20)9-7-17-8-11-19(13-21(17)24)29-15-16(2)26-22(27)30-23(3,4)5/h8,10-14,16H,6,15H2,1-5H3,(H,26,27)/t16-/m0/s1. The molecule has 160 valence electrons. The molecule has 1 heterocycles. The van der Waals surface area contributed by atoms with Gasteiger partial charge in [0.05, 0.1) is 24.4 Å². The van der Waals surface area contributed by atoms with Crippen molar-refractivity contribution in [3.8, 4) is 23.3 Å². The van der Waals surface area contributed by atoms with Crippen molar-refractivity contribution in [1.29, 1.82) is 0 Å². The molecule has 0 aliphatic rings. The minimum absolute atomic E-state index is 0.166. The zero-order valence-electron chi connectivity index (χ0n) is 17.9. The van der Waals surface area contributed by atoms with Crippen LogP contribution in [0.2, 0.25) is 0 Å². The number of hydrogen-bond donors (Lipinski definition) is 1. The Labute approximate surface area is 176 Å². The molecule has 1 N–H and O–H groups in total. The third-order valence-electron chi connectivity index (χ3n) is 3.58. The van der Waals surface area contributed by atoms with E-state index in [4.69, 9.17) is 14.2 Å². The summed E-state index contributed by atoms with van der Waals surface area (Å²) in [6.07, 6.45) is 1.05. The van der Waals surface area contributed by atoms with Crippen molar-refractivity contribution in [2.45, 2.75) is 46.3 Å². The van der Waals surface area contributed by atoms with Crippen molar-refractivity contribution < 1.29 is 23.4 Å². The molecule has 7 heteroatoms. The number of carbonyl (C=O) groups excluding carboxylic acids is 1. The minimum atomic E-state index is -0.578. The maximum atomic E-state index is 14.3. The number of pyridine rings is 1. The van der Waals surface area contributed by atoms with Crippen LogP contribution in [0.5, 0.6) is 11.5 Å². The van der Waals surface area contributed by atoms with E-state index in [9.17, 15) is 9.18 Å². The van der Waals surface area contributed by atoms with Crippen LogP contribution in [-0.4, -0.2) is 35.9 Å². The molecule has 0 saturated carbocycles. The molecule has 30 heavy (non-hydrogen) atoms. The molecule has 1 atom stereocenters. The highest BCUT2D eigenvalue weighted by Crippen LogP contribution is 2.17. The Balaban J connectivity index is 1.92.